The van der Waals surface area contributed by atoms with Crippen molar-refractivity contribution in [3.8, 4) is 5.69 Å². The second kappa shape index (κ2) is 7.05. The van der Waals surface area contributed by atoms with E-state index in [9.17, 15) is 0 Å². The Labute approximate surface area is 131 Å². The standard InChI is InChI=1S/C17H23N3O2/c1-14-10-16(20-7-3-6-18-20)5-4-15(14)11-19(2)12-17-13-21-8-9-22-17/h3-7,10,17H,8-9,11-13H2,1-2H3/t17-/m0/s1. The Morgan fingerprint density at radius 1 is 1.36 bits per heavy atom. The lowest BCUT2D eigenvalue weighted by molar-refractivity contribution is -0.0962. The van der Waals surface area contributed by atoms with Gasteiger partial charge in [0, 0.05) is 25.5 Å². The zero-order valence-electron chi connectivity index (χ0n) is 13.2. The first-order valence-electron chi connectivity index (χ1n) is 7.70. The van der Waals surface area contributed by atoms with Crippen LogP contribution in [-0.4, -0.2) is 54.2 Å². The molecule has 0 spiro atoms. The van der Waals surface area contributed by atoms with E-state index in [1.165, 1.54) is 11.1 Å². The van der Waals surface area contributed by atoms with E-state index in [0.29, 0.717) is 19.8 Å². The SMILES string of the molecule is Cc1cc(-n2cccn2)ccc1CN(C)C[C@H]1COCCO1. The smallest absolute Gasteiger partial charge is 0.0936 e. The Kier molecular flexibility index (Phi) is 4.87. The molecule has 0 amide bonds. The number of likely N-dealkylation sites (N-methyl/N-ethyl adjacent to an activating group) is 1. The first kappa shape index (κ1) is 15.2. The van der Waals surface area contributed by atoms with Crippen molar-refractivity contribution in [2.75, 3.05) is 33.4 Å². The zero-order chi connectivity index (χ0) is 15.4. The van der Waals surface area contributed by atoms with Gasteiger partial charge in [-0.1, -0.05) is 6.07 Å². The van der Waals surface area contributed by atoms with Crippen molar-refractivity contribution in [1.82, 2.24) is 14.7 Å². The van der Waals surface area contributed by atoms with Crippen LogP contribution in [-0.2, 0) is 16.0 Å². The van der Waals surface area contributed by atoms with Gasteiger partial charge in [0.25, 0.3) is 0 Å². The highest BCUT2D eigenvalue weighted by Gasteiger charge is 2.16. The van der Waals surface area contributed by atoms with Crippen molar-refractivity contribution in [2.24, 2.45) is 0 Å². The summed E-state index contributed by atoms with van der Waals surface area (Å²) >= 11 is 0. The summed E-state index contributed by atoms with van der Waals surface area (Å²) in [6, 6.07) is 8.41. The third-order valence-electron chi connectivity index (χ3n) is 3.94. The molecular formula is C17H23N3O2. The van der Waals surface area contributed by atoms with Crippen LogP contribution in [0.25, 0.3) is 5.69 Å². The van der Waals surface area contributed by atoms with E-state index in [2.05, 4.69) is 42.2 Å². The molecule has 0 unspecified atom stereocenters. The Bertz CT molecular complexity index is 592. The maximum Gasteiger partial charge on any atom is 0.0936 e. The van der Waals surface area contributed by atoms with Crippen molar-refractivity contribution in [2.45, 2.75) is 19.6 Å². The lowest BCUT2D eigenvalue weighted by Crippen LogP contribution is -2.38. The van der Waals surface area contributed by atoms with Crippen LogP contribution in [0.15, 0.2) is 36.7 Å². The Hall–Kier alpha value is -1.69. The summed E-state index contributed by atoms with van der Waals surface area (Å²) in [5, 5.41) is 4.27. The van der Waals surface area contributed by atoms with E-state index in [0.717, 1.165) is 18.8 Å². The Balaban J connectivity index is 1.62. The maximum absolute atomic E-state index is 5.71. The zero-order valence-corrected chi connectivity index (χ0v) is 13.2. The van der Waals surface area contributed by atoms with Gasteiger partial charge in [-0.25, -0.2) is 4.68 Å². The van der Waals surface area contributed by atoms with Crippen LogP contribution in [0, 0.1) is 6.92 Å². The summed E-state index contributed by atoms with van der Waals surface area (Å²) in [4.78, 5) is 2.29. The molecule has 1 atom stereocenters. The minimum absolute atomic E-state index is 0.183. The van der Waals surface area contributed by atoms with Crippen LogP contribution in [0.3, 0.4) is 0 Å². The van der Waals surface area contributed by atoms with Gasteiger partial charge < -0.3 is 9.47 Å². The fourth-order valence-corrected chi connectivity index (χ4v) is 2.77. The highest BCUT2D eigenvalue weighted by molar-refractivity contribution is 5.39. The van der Waals surface area contributed by atoms with Crippen LogP contribution in [0.1, 0.15) is 11.1 Å². The summed E-state index contributed by atoms with van der Waals surface area (Å²) in [5.41, 5.74) is 3.70. The molecule has 0 N–H and O–H groups in total. The topological polar surface area (TPSA) is 39.5 Å². The highest BCUT2D eigenvalue weighted by Crippen LogP contribution is 2.16. The highest BCUT2D eigenvalue weighted by atomic mass is 16.6. The lowest BCUT2D eigenvalue weighted by atomic mass is 10.1. The molecule has 1 aliphatic rings. The monoisotopic (exact) mass is 301 g/mol. The van der Waals surface area contributed by atoms with Crippen LogP contribution >= 0.6 is 0 Å². The molecule has 0 aliphatic carbocycles. The summed E-state index contributed by atoms with van der Waals surface area (Å²) in [6.07, 6.45) is 3.94. The number of aryl methyl sites for hydroxylation is 1. The number of ether oxygens (including phenoxy) is 2. The van der Waals surface area contributed by atoms with Gasteiger partial charge in [-0.3, -0.25) is 4.90 Å². The van der Waals surface area contributed by atoms with Crippen LogP contribution in [0.5, 0.6) is 0 Å². The number of hydrogen-bond donors (Lipinski definition) is 0. The fourth-order valence-electron chi connectivity index (χ4n) is 2.77. The van der Waals surface area contributed by atoms with E-state index < -0.39 is 0 Å². The Morgan fingerprint density at radius 2 is 2.27 bits per heavy atom. The van der Waals surface area contributed by atoms with E-state index in [-0.39, 0.29) is 6.10 Å². The van der Waals surface area contributed by atoms with Gasteiger partial charge in [-0.05, 0) is 43.3 Å². The molecule has 3 rings (SSSR count). The first-order valence-corrected chi connectivity index (χ1v) is 7.70. The maximum atomic E-state index is 5.71. The normalized spacial score (nSPS) is 18.8. The van der Waals surface area contributed by atoms with E-state index in [4.69, 9.17) is 9.47 Å². The van der Waals surface area contributed by atoms with E-state index >= 15 is 0 Å². The van der Waals surface area contributed by atoms with Gasteiger partial charge in [0.05, 0.1) is 31.6 Å². The molecule has 0 radical (unpaired) electrons. The molecule has 1 aromatic carbocycles. The van der Waals surface area contributed by atoms with Crippen LogP contribution < -0.4 is 0 Å². The molecule has 0 bridgehead atoms. The third kappa shape index (κ3) is 3.74. The quantitative estimate of drug-likeness (QED) is 0.847. The molecule has 118 valence electrons. The van der Waals surface area contributed by atoms with Gasteiger partial charge in [-0.2, -0.15) is 5.10 Å². The molecular weight excluding hydrogens is 278 g/mol. The van der Waals surface area contributed by atoms with Crippen molar-refractivity contribution in [1.29, 1.82) is 0 Å². The predicted octanol–water partition coefficient (Wildman–Crippen LogP) is 2.03. The number of nitrogens with zero attached hydrogens (tertiary/aromatic N) is 3. The van der Waals surface area contributed by atoms with Crippen molar-refractivity contribution in [3.63, 3.8) is 0 Å². The van der Waals surface area contributed by atoms with Gasteiger partial charge in [0.2, 0.25) is 0 Å². The van der Waals surface area contributed by atoms with Crippen LogP contribution in [0.4, 0.5) is 0 Å². The lowest BCUT2D eigenvalue weighted by Gasteiger charge is -2.27. The molecule has 5 nitrogen and oxygen atoms in total. The molecule has 1 saturated heterocycles. The summed E-state index contributed by atoms with van der Waals surface area (Å²) in [6.45, 7) is 6.06. The summed E-state index contributed by atoms with van der Waals surface area (Å²) in [7, 11) is 2.12. The molecule has 2 aromatic rings. The minimum Gasteiger partial charge on any atom is -0.376 e. The number of rotatable bonds is 5. The van der Waals surface area contributed by atoms with E-state index in [1.54, 1.807) is 6.20 Å². The Morgan fingerprint density at radius 3 is 2.95 bits per heavy atom. The average molecular weight is 301 g/mol. The third-order valence-corrected chi connectivity index (χ3v) is 3.94. The number of hydrogen-bond acceptors (Lipinski definition) is 4. The first-order chi connectivity index (χ1) is 10.7. The largest absolute Gasteiger partial charge is 0.376 e. The minimum atomic E-state index is 0.183. The molecule has 2 heterocycles. The molecule has 22 heavy (non-hydrogen) atoms. The molecule has 1 aliphatic heterocycles. The van der Waals surface area contributed by atoms with Crippen molar-refractivity contribution in [3.05, 3.63) is 47.8 Å². The molecule has 1 aromatic heterocycles. The molecule has 0 saturated carbocycles. The van der Waals surface area contributed by atoms with Gasteiger partial charge in [-0.15, -0.1) is 0 Å². The van der Waals surface area contributed by atoms with E-state index in [1.807, 2.05) is 16.9 Å². The number of aromatic nitrogens is 2. The summed E-state index contributed by atoms with van der Waals surface area (Å²) in [5.74, 6) is 0. The van der Waals surface area contributed by atoms with Gasteiger partial charge in [0.15, 0.2) is 0 Å². The van der Waals surface area contributed by atoms with Crippen molar-refractivity contribution < 1.29 is 9.47 Å². The van der Waals surface area contributed by atoms with Gasteiger partial charge in [0.1, 0.15) is 0 Å². The second-order valence-electron chi connectivity index (χ2n) is 5.83. The summed E-state index contributed by atoms with van der Waals surface area (Å²) < 4.78 is 13.0. The second-order valence-corrected chi connectivity index (χ2v) is 5.83. The van der Waals surface area contributed by atoms with Crippen molar-refractivity contribution >= 4 is 0 Å². The van der Waals surface area contributed by atoms with Gasteiger partial charge >= 0.3 is 0 Å². The molecule has 5 heteroatoms. The fraction of sp³-hybridized carbons (Fsp3) is 0.471. The van der Waals surface area contributed by atoms with Crippen LogP contribution in [0.2, 0.25) is 0 Å². The average Bonchev–Trinajstić information content (AvgIpc) is 3.04. The molecule has 1 fully saturated rings. The predicted molar refractivity (Wildman–Crippen MR) is 85.2 cm³/mol. The number of benzene rings is 1.